The van der Waals surface area contributed by atoms with Crippen molar-refractivity contribution in [1.29, 1.82) is 0 Å². The second-order valence-electron chi connectivity index (χ2n) is 3.36. The fourth-order valence-electron chi connectivity index (χ4n) is 1.21. The van der Waals surface area contributed by atoms with Crippen molar-refractivity contribution < 1.29 is 28.6 Å². The van der Waals surface area contributed by atoms with Gasteiger partial charge in [-0.1, -0.05) is 0 Å². The Morgan fingerprint density at radius 1 is 0.944 bits per heavy atom. The minimum atomic E-state index is -0.622. The van der Waals surface area contributed by atoms with E-state index in [1.807, 2.05) is 0 Å². The summed E-state index contributed by atoms with van der Waals surface area (Å²) in [5.41, 5.74) is 0.0106. The molecule has 0 aromatic carbocycles. The Morgan fingerprint density at radius 3 is 2.00 bits per heavy atom. The summed E-state index contributed by atoms with van der Waals surface area (Å²) < 4.78 is 14.6. The number of hydrogen-bond acceptors (Lipinski definition) is 6. The van der Waals surface area contributed by atoms with Crippen LogP contribution >= 0.6 is 0 Å². The molecule has 6 nitrogen and oxygen atoms in total. The van der Waals surface area contributed by atoms with Crippen molar-refractivity contribution >= 4 is 24.8 Å². The fourth-order valence-corrected chi connectivity index (χ4v) is 1.21. The predicted octanol–water partition coefficient (Wildman–Crippen LogP) is 0.801. The van der Waals surface area contributed by atoms with Gasteiger partial charge in [-0.15, -0.1) is 0 Å². The molecule has 0 fully saturated rings. The van der Waals surface area contributed by atoms with Gasteiger partial charge in [0.1, 0.15) is 0 Å². The van der Waals surface area contributed by atoms with Crippen LogP contribution in [-0.2, 0) is 14.4 Å². The summed E-state index contributed by atoms with van der Waals surface area (Å²) in [6, 6.07) is 1.42. The first kappa shape index (κ1) is 13.9. The SMILES string of the molecule is CC(=O)Oc1bccc(OC(C)=O)c1OC(C)=O. The third-order valence-corrected chi connectivity index (χ3v) is 1.70. The topological polar surface area (TPSA) is 78.9 Å². The van der Waals surface area contributed by atoms with Gasteiger partial charge in [-0.2, -0.15) is 0 Å². The van der Waals surface area contributed by atoms with Crippen LogP contribution in [0.3, 0.4) is 0 Å². The molecule has 0 radical (unpaired) electrons. The van der Waals surface area contributed by atoms with Gasteiger partial charge < -0.3 is 0 Å². The quantitative estimate of drug-likeness (QED) is 0.738. The summed E-state index contributed by atoms with van der Waals surface area (Å²) >= 11 is 0. The van der Waals surface area contributed by atoms with Crippen molar-refractivity contribution in [3.8, 4) is 17.1 Å². The molecule has 0 amide bonds. The maximum atomic E-state index is 11.0. The molecule has 0 saturated heterocycles. The Kier molecular flexibility index (Phi) is 4.59. The molecule has 0 N–H and O–H groups in total. The number of rotatable bonds is 3. The van der Waals surface area contributed by atoms with E-state index in [1.54, 1.807) is 0 Å². The monoisotopic (exact) mass is 250 g/mol. The molecule has 18 heavy (non-hydrogen) atoms. The first-order valence-electron chi connectivity index (χ1n) is 5.08. The minimum absolute atomic E-state index is 0.0106. The zero-order chi connectivity index (χ0) is 13.7. The summed E-state index contributed by atoms with van der Waals surface area (Å²) in [6.45, 7) is 5.01. The Labute approximate surface area is 104 Å². The van der Waals surface area contributed by atoms with E-state index in [0.29, 0.717) is 0 Å². The predicted molar refractivity (Wildman–Crippen MR) is 61.7 cm³/mol. The van der Waals surface area contributed by atoms with Crippen LogP contribution in [0.1, 0.15) is 20.8 Å². The van der Waals surface area contributed by atoms with Crippen LogP contribution in [0.15, 0.2) is 12.0 Å². The first-order valence-corrected chi connectivity index (χ1v) is 5.08. The van der Waals surface area contributed by atoms with Gasteiger partial charge in [0, 0.05) is 0 Å². The number of esters is 3. The van der Waals surface area contributed by atoms with E-state index in [2.05, 4.69) is 0 Å². The molecule has 1 aromatic rings. The molecular formula is C11H11BO6. The van der Waals surface area contributed by atoms with Gasteiger partial charge in [-0.3, -0.25) is 0 Å². The Balaban J connectivity index is 3.19. The molecule has 7 heteroatoms. The summed E-state index contributed by atoms with van der Waals surface area (Å²) in [6.07, 6.45) is 0. The number of hydrogen-bond donors (Lipinski definition) is 0. The second kappa shape index (κ2) is 5.95. The Morgan fingerprint density at radius 2 is 1.50 bits per heavy atom. The van der Waals surface area contributed by atoms with Crippen molar-refractivity contribution in [3.05, 3.63) is 12.0 Å². The van der Waals surface area contributed by atoms with Gasteiger partial charge in [-0.05, 0) is 0 Å². The molecule has 0 saturated carbocycles. The fraction of sp³-hybridized carbons (Fsp3) is 0.273. The molecule has 0 aliphatic rings. The molecule has 1 heterocycles. The molecule has 1 aromatic heterocycles. The van der Waals surface area contributed by atoms with Crippen molar-refractivity contribution in [2.45, 2.75) is 20.8 Å². The molecule has 0 aliphatic carbocycles. The van der Waals surface area contributed by atoms with Crippen LogP contribution in [-0.4, -0.2) is 24.8 Å². The van der Waals surface area contributed by atoms with Crippen LogP contribution in [0, 0.1) is 0 Å². The van der Waals surface area contributed by atoms with Crippen LogP contribution < -0.4 is 14.2 Å². The molecule has 0 aliphatic heterocycles. The van der Waals surface area contributed by atoms with Gasteiger partial charge in [-0.25, -0.2) is 0 Å². The zero-order valence-corrected chi connectivity index (χ0v) is 10.2. The van der Waals surface area contributed by atoms with Crippen molar-refractivity contribution in [2.75, 3.05) is 0 Å². The molecule has 1 rings (SSSR count). The van der Waals surface area contributed by atoms with Crippen LogP contribution in [0.2, 0.25) is 0 Å². The van der Waals surface area contributed by atoms with Gasteiger partial charge in [0.25, 0.3) is 0 Å². The first-order chi connectivity index (χ1) is 8.40. The van der Waals surface area contributed by atoms with E-state index in [4.69, 9.17) is 14.2 Å². The summed E-state index contributed by atoms with van der Waals surface area (Å²) in [5, 5.41) is 0. The molecule has 94 valence electrons. The van der Waals surface area contributed by atoms with Crippen LogP contribution in [0.25, 0.3) is 0 Å². The number of ether oxygens (including phenoxy) is 3. The van der Waals surface area contributed by atoms with E-state index in [0.717, 1.165) is 0 Å². The van der Waals surface area contributed by atoms with E-state index in [9.17, 15) is 14.4 Å². The standard InChI is InChI=1S/C11H11BO6/c1-6(13)16-9-4-5-12-11(18-8(3)15)10(9)17-7(2)14/h4-5H,1-3H3. The molecule has 0 bridgehead atoms. The number of carbonyl (C=O) groups excluding carboxylic acids is 3. The average molecular weight is 250 g/mol. The average Bonchev–Trinajstić information content (AvgIpc) is 2.20. The molecule has 0 atom stereocenters. The van der Waals surface area contributed by atoms with Gasteiger partial charge in [0.05, 0.1) is 0 Å². The Hall–Kier alpha value is -2.18. The van der Waals surface area contributed by atoms with E-state index in [1.165, 1.54) is 39.7 Å². The molecule has 0 unspecified atom stereocenters. The molecule has 0 spiro atoms. The van der Waals surface area contributed by atoms with E-state index in [-0.39, 0.29) is 17.1 Å². The Bertz CT molecular complexity index is 462. The summed E-state index contributed by atoms with van der Waals surface area (Å²) in [5.74, 6) is -0.370. The number of carbonyl (C=O) groups is 3. The second-order valence-corrected chi connectivity index (χ2v) is 3.36. The van der Waals surface area contributed by atoms with Crippen molar-refractivity contribution in [1.82, 2.24) is 0 Å². The maximum absolute atomic E-state index is 11.0. The summed E-state index contributed by atoms with van der Waals surface area (Å²) in [7, 11) is 0. The normalized spacial score (nSPS) is 9.28. The zero-order valence-electron chi connectivity index (χ0n) is 10.2. The van der Waals surface area contributed by atoms with Gasteiger partial charge >= 0.3 is 103 Å². The van der Waals surface area contributed by atoms with Crippen LogP contribution in [0.4, 0.5) is 0 Å². The van der Waals surface area contributed by atoms with Gasteiger partial charge in [0.2, 0.25) is 0 Å². The van der Waals surface area contributed by atoms with Crippen molar-refractivity contribution in [3.63, 3.8) is 0 Å². The third-order valence-electron chi connectivity index (χ3n) is 1.70. The van der Waals surface area contributed by atoms with Crippen molar-refractivity contribution in [2.24, 2.45) is 0 Å². The van der Waals surface area contributed by atoms with Crippen LogP contribution in [0.5, 0.6) is 17.1 Å². The van der Waals surface area contributed by atoms with E-state index < -0.39 is 17.9 Å². The summed E-state index contributed by atoms with van der Waals surface area (Å²) in [4.78, 5) is 32.8. The molecular weight excluding hydrogens is 239 g/mol. The van der Waals surface area contributed by atoms with E-state index >= 15 is 0 Å². The van der Waals surface area contributed by atoms with Gasteiger partial charge in [0.15, 0.2) is 0 Å². The third kappa shape index (κ3) is 4.01.